The highest BCUT2D eigenvalue weighted by atomic mass is 16.5. The Morgan fingerprint density at radius 3 is 2.38 bits per heavy atom. The van der Waals surface area contributed by atoms with E-state index >= 15 is 0 Å². The van der Waals surface area contributed by atoms with Crippen molar-refractivity contribution in [2.45, 2.75) is 52.9 Å². The van der Waals surface area contributed by atoms with E-state index in [1.54, 1.807) is 0 Å². The first-order chi connectivity index (χ1) is 7.49. The van der Waals surface area contributed by atoms with Gasteiger partial charge >= 0.3 is 0 Å². The van der Waals surface area contributed by atoms with Gasteiger partial charge in [-0.05, 0) is 36.5 Å². The largest absolute Gasteiger partial charge is 0.366 e. The molecule has 1 saturated heterocycles. The van der Waals surface area contributed by atoms with Gasteiger partial charge in [-0.25, -0.2) is 0 Å². The fraction of sp³-hybridized carbons (Fsp3) is 1.00. The Morgan fingerprint density at radius 1 is 1.19 bits per heavy atom. The Balaban J connectivity index is 1.44. The quantitative estimate of drug-likeness (QED) is 0.666. The molecule has 2 nitrogen and oxygen atoms in total. The molecule has 0 aromatic rings. The number of likely N-dealkylation sites (tertiary alicyclic amines) is 1. The van der Waals surface area contributed by atoms with Gasteiger partial charge < -0.3 is 4.74 Å². The maximum atomic E-state index is 5.72. The predicted molar refractivity (Wildman–Crippen MR) is 67.4 cm³/mol. The molecular weight excluding hydrogens is 198 g/mol. The number of nitrogens with zero attached hydrogens (tertiary/aromatic N) is 1. The summed E-state index contributed by atoms with van der Waals surface area (Å²) in [5.74, 6) is 0. The number of hydrogen-bond acceptors (Lipinski definition) is 2. The van der Waals surface area contributed by atoms with E-state index in [2.05, 4.69) is 25.7 Å². The van der Waals surface area contributed by atoms with Crippen LogP contribution in [-0.4, -0.2) is 31.3 Å². The molecule has 2 rings (SSSR count). The molecule has 0 amide bonds. The molecule has 0 bridgehead atoms. The number of rotatable bonds is 5. The van der Waals surface area contributed by atoms with Crippen LogP contribution in [0.4, 0.5) is 0 Å². The Morgan fingerprint density at radius 2 is 1.88 bits per heavy atom. The lowest BCUT2D eigenvalue weighted by Crippen LogP contribution is -2.59. The Kier molecular flexibility index (Phi) is 3.60. The van der Waals surface area contributed by atoms with Crippen molar-refractivity contribution in [2.24, 2.45) is 10.8 Å². The summed E-state index contributed by atoms with van der Waals surface area (Å²) in [4.78, 5) is 2.45. The molecule has 0 atom stereocenters. The van der Waals surface area contributed by atoms with Crippen molar-refractivity contribution in [3.8, 4) is 0 Å². The van der Waals surface area contributed by atoms with Gasteiger partial charge in [-0.1, -0.05) is 27.2 Å². The van der Waals surface area contributed by atoms with Gasteiger partial charge in [0.1, 0.15) is 0 Å². The Hall–Kier alpha value is -0.0800. The van der Waals surface area contributed by atoms with Gasteiger partial charge in [0.15, 0.2) is 0 Å². The first-order valence-corrected chi connectivity index (χ1v) is 6.79. The molecule has 0 N–H and O–H groups in total. The second kappa shape index (κ2) is 4.66. The minimum absolute atomic E-state index is 0.454. The van der Waals surface area contributed by atoms with Crippen molar-refractivity contribution in [1.82, 2.24) is 4.90 Å². The standard InChI is InChI=1S/C14H27NO/c1-13(2,3)6-5-9-16-12-15-10-14(11-15)7-4-8-14/h4-12H2,1-3H3. The molecule has 94 valence electrons. The maximum Gasteiger partial charge on any atom is 0.0990 e. The summed E-state index contributed by atoms with van der Waals surface area (Å²) < 4.78 is 5.72. The van der Waals surface area contributed by atoms with Crippen LogP contribution in [0.5, 0.6) is 0 Å². The van der Waals surface area contributed by atoms with Crippen LogP contribution in [0.1, 0.15) is 52.9 Å². The molecule has 1 saturated carbocycles. The monoisotopic (exact) mass is 225 g/mol. The van der Waals surface area contributed by atoms with E-state index in [4.69, 9.17) is 4.74 Å². The number of ether oxygens (including phenoxy) is 1. The third-order valence-electron chi connectivity index (χ3n) is 4.02. The van der Waals surface area contributed by atoms with Crippen LogP contribution in [0.25, 0.3) is 0 Å². The minimum atomic E-state index is 0.454. The molecule has 1 aliphatic carbocycles. The minimum Gasteiger partial charge on any atom is -0.366 e. The van der Waals surface area contributed by atoms with E-state index in [0.717, 1.165) is 18.8 Å². The van der Waals surface area contributed by atoms with E-state index in [1.165, 1.54) is 45.2 Å². The molecule has 1 spiro atoms. The van der Waals surface area contributed by atoms with Gasteiger partial charge in [-0.3, -0.25) is 4.90 Å². The molecule has 2 aliphatic rings. The summed E-state index contributed by atoms with van der Waals surface area (Å²) in [6.45, 7) is 11.3. The van der Waals surface area contributed by atoms with Crippen LogP contribution in [0.2, 0.25) is 0 Å². The van der Waals surface area contributed by atoms with Crippen LogP contribution in [0.15, 0.2) is 0 Å². The first kappa shape index (κ1) is 12.4. The molecule has 0 aromatic carbocycles. The zero-order valence-corrected chi connectivity index (χ0v) is 11.2. The van der Waals surface area contributed by atoms with Crippen LogP contribution in [0.3, 0.4) is 0 Å². The summed E-state index contributed by atoms with van der Waals surface area (Å²) in [5.41, 5.74) is 1.20. The fourth-order valence-corrected chi connectivity index (χ4v) is 2.88. The zero-order chi connectivity index (χ0) is 11.6. The highest BCUT2D eigenvalue weighted by Gasteiger charge is 2.46. The molecule has 0 unspecified atom stereocenters. The van der Waals surface area contributed by atoms with E-state index in [9.17, 15) is 0 Å². The molecule has 0 radical (unpaired) electrons. The zero-order valence-electron chi connectivity index (χ0n) is 11.2. The van der Waals surface area contributed by atoms with Gasteiger partial charge in [0.2, 0.25) is 0 Å². The summed E-state index contributed by atoms with van der Waals surface area (Å²) in [7, 11) is 0. The highest BCUT2D eigenvalue weighted by Crippen LogP contribution is 2.47. The van der Waals surface area contributed by atoms with Gasteiger partial charge in [-0.15, -0.1) is 0 Å². The average Bonchev–Trinajstić information content (AvgIpc) is 2.02. The van der Waals surface area contributed by atoms with Crippen molar-refractivity contribution in [3.63, 3.8) is 0 Å². The second-order valence-corrected chi connectivity index (χ2v) is 7.04. The summed E-state index contributed by atoms with van der Waals surface area (Å²) in [5, 5.41) is 0. The lowest BCUT2D eigenvalue weighted by atomic mass is 9.64. The topological polar surface area (TPSA) is 12.5 Å². The van der Waals surface area contributed by atoms with E-state index in [1.807, 2.05) is 0 Å². The highest BCUT2D eigenvalue weighted by molar-refractivity contribution is 4.99. The second-order valence-electron chi connectivity index (χ2n) is 7.04. The van der Waals surface area contributed by atoms with E-state index in [-0.39, 0.29) is 0 Å². The summed E-state index contributed by atoms with van der Waals surface area (Å²) in [6, 6.07) is 0. The summed E-state index contributed by atoms with van der Waals surface area (Å²) in [6.07, 6.45) is 6.85. The van der Waals surface area contributed by atoms with Crippen LogP contribution in [0, 0.1) is 10.8 Å². The molecule has 2 fully saturated rings. The maximum absolute atomic E-state index is 5.72. The fourth-order valence-electron chi connectivity index (χ4n) is 2.88. The Bertz CT molecular complexity index is 219. The van der Waals surface area contributed by atoms with Gasteiger partial charge in [-0.2, -0.15) is 0 Å². The molecular formula is C14H27NO. The molecule has 1 aliphatic heterocycles. The Labute approximate surface area is 100 Å². The van der Waals surface area contributed by atoms with Crippen molar-refractivity contribution in [2.75, 3.05) is 26.4 Å². The summed E-state index contributed by atoms with van der Waals surface area (Å²) >= 11 is 0. The van der Waals surface area contributed by atoms with Crippen molar-refractivity contribution in [1.29, 1.82) is 0 Å². The average molecular weight is 225 g/mol. The molecule has 16 heavy (non-hydrogen) atoms. The molecule has 2 heteroatoms. The molecule has 1 heterocycles. The van der Waals surface area contributed by atoms with Crippen LogP contribution >= 0.6 is 0 Å². The smallest absolute Gasteiger partial charge is 0.0990 e. The number of hydrogen-bond donors (Lipinski definition) is 0. The van der Waals surface area contributed by atoms with Gasteiger partial charge in [0.05, 0.1) is 6.73 Å². The van der Waals surface area contributed by atoms with E-state index < -0.39 is 0 Å². The lowest BCUT2D eigenvalue weighted by Gasteiger charge is -2.55. The normalized spacial score (nSPS) is 24.2. The van der Waals surface area contributed by atoms with Crippen LogP contribution < -0.4 is 0 Å². The van der Waals surface area contributed by atoms with Crippen molar-refractivity contribution in [3.05, 3.63) is 0 Å². The van der Waals surface area contributed by atoms with Crippen molar-refractivity contribution >= 4 is 0 Å². The molecule has 0 aromatic heterocycles. The predicted octanol–water partition coefficient (Wildman–Crippen LogP) is 3.27. The van der Waals surface area contributed by atoms with E-state index in [0.29, 0.717) is 5.41 Å². The first-order valence-electron chi connectivity index (χ1n) is 6.79. The third kappa shape index (κ3) is 3.21. The SMILES string of the molecule is CC(C)(C)CCCOCN1CC2(CCC2)C1. The van der Waals surface area contributed by atoms with Gasteiger partial charge in [0, 0.05) is 19.7 Å². The third-order valence-corrected chi connectivity index (χ3v) is 4.02. The van der Waals surface area contributed by atoms with Crippen LogP contribution in [-0.2, 0) is 4.74 Å². The lowest BCUT2D eigenvalue weighted by molar-refractivity contribution is -0.114. The van der Waals surface area contributed by atoms with Gasteiger partial charge in [0.25, 0.3) is 0 Å². The van der Waals surface area contributed by atoms with Crippen molar-refractivity contribution < 1.29 is 4.74 Å².